The monoisotopic (exact) mass is 946 g/mol. The maximum Gasteiger partial charge on any atom is 0.315 e. The van der Waals surface area contributed by atoms with Gasteiger partial charge in [-0.05, 0) is 84.7 Å². The number of imide groups is 2. The Morgan fingerprint density at radius 3 is 2.28 bits per heavy atom. The number of amides is 5. The van der Waals surface area contributed by atoms with E-state index in [1.54, 1.807) is 0 Å². The molecule has 6 aromatic rings. The van der Waals surface area contributed by atoms with Gasteiger partial charge in [0.2, 0.25) is 11.8 Å². The number of hydrogen-bond acceptors (Lipinski definition) is 12. The molecule has 0 saturated carbocycles. The number of aromatic amines is 1. The van der Waals surface area contributed by atoms with Crippen molar-refractivity contribution < 1.29 is 48.2 Å². The van der Waals surface area contributed by atoms with E-state index in [1.165, 1.54) is 0 Å². The Kier molecular flexibility index (Phi) is 9.54. The second-order valence-corrected chi connectivity index (χ2v) is 18.6. The van der Waals surface area contributed by atoms with Gasteiger partial charge in [-0.2, -0.15) is 10.1 Å². The average molecular weight is 947 g/mol. The van der Waals surface area contributed by atoms with Crippen LogP contribution in [0.1, 0.15) is 106 Å². The van der Waals surface area contributed by atoms with Gasteiger partial charge in [0.05, 0.1) is 33.5 Å². The highest BCUT2D eigenvalue weighted by atomic mass is 19.1. The first-order valence-electron chi connectivity index (χ1n) is 26.5. The minimum absolute atomic E-state index is 0.103. The number of piperazine rings is 1. The number of nitrogens with one attached hydrogen (secondary N) is 3. The van der Waals surface area contributed by atoms with Crippen LogP contribution in [-0.2, 0) is 21.5 Å². The molecule has 18 heteroatoms. The largest absolute Gasteiger partial charge is 0.372 e. The Bertz CT molecular complexity index is 3400. The first kappa shape index (κ1) is 36.7. The van der Waals surface area contributed by atoms with Crippen LogP contribution in [0.4, 0.5) is 20.2 Å². The Morgan fingerprint density at radius 1 is 0.870 bits per heavy atom. The van der Waals surface area contributed by atoms with Crippen LogP contribution in [0.3, 0.4) is 0 Å². The van der Waals surface area contributed by atoms with Crippen molar-refractivity contribution in [2.24, 2.45) is 5.92 Å². The number of carbonyl (C=O) groups excluding carboxylic acids is 5. The Morgan fingerprint density at radius 2 is 1.58 bits per heavy atom. The number of rotatable bonds is 10. The van der Waals surface area contributed by atoms with Gasteiger partial charge in [0.1, 0.15) is 11.9 Å². The fourth-order valence-electron chi connectivity index (χ4n) is 9.04. The molecule has 16 nitrogen and oxygen atoms in total. The summed E-state index contributed by atoms with van der Waals surface area (Å²) >= 11 is 0. The summed E-state index contributed by atoms with van der Waals surface area (Å²) in [6.45, 7) is -5.75. The molecule has 1 unspecified atom stereocenters. The zero-order valence-corrected chi connectivity index (χ0v) is 38.0. The molecule has 5 amide bonds. The number of anilines is 2. The van der Waals surface area contributed by atoms with Crippen molar-refractivity contribution in [3.63, 3.8) is 0 Å². The summed E-state index contributed by atoms with van der Waals surface area (Å²) in [5.74, 6) is -8.78. The van der Waals surface area contributed by atoms with Gasteiger partial charge in [-0.25, -0.2) is 8.78 Å². The van der Waals surface area contributed by atoms with Gasteiger partial charge in [-0.3, -0.25) is 44.2 Å². The zero-order chi connectivity index (χ0) is 55.5. The molecule has 3 saturated heterocycles. The molecule has 10 rings (SSSR count). The zero-order valence-electron chi connectivity index (χ0n) is 46.0. The van der Waals surface area contributed by atoms with Crippen molar-refractivity contribution in [2.45, 2.75) is 71.4 Å². The highest BCUT2D eigenvalue weighted by Gasteiger charge is 2.48. The lowest BCUT2D eigenvalue weighted by Crippen LogP contribution is -2.54. The third-order valence-corrected chi connectivity index (χ3v) is 12.9. The molecule has 3 N–H and O–H groups in total. The van der Waals surface area contributed by atoms with E-state index in [4.69, 9.17) is 15.5 Å². The summed E-state index contributed by atoms with van der Waals surface area (Å²) in [7, 11) is 0. The maximum atomic E-state index is 16.7. The number of carbonyl (C=O) groups is 5. The third-order valence-electron chi connectivity index (χ3n) is 12.9. The number of aromatic nitrogens is 4. The number of nitrogens with zero attached hydrogens (tertiary/aromatic N) is 7. The van der Waals surface area contributed by atoms with E-state index in [-0.39, 0.29) is 46.6 Å². The van der Waals surface area contributed by atoms with E-state index >= 15 is 8.78 Å². The molecule has 0 radical (unpaired) electrons. The van der Waals surface area contributed by atoms with Gasteiger partial charge in [-0.15, -0.1) is 0 Å². The molecular formula is C51H52F2N10O6. The van der Waals surface area contributed by atoms with E-state index in [9.17, 15) is 24.0 Å². The highest BCUT2D eigenvalue weighted by Crippen LogP contribution is 2.37. The third kappa shape index (κ3) is 8.73. The molecule has 4 aliphatic rings. The molecule has 356 valence electrons. The molecular weight excluding hydrogens is 887 g/mol. The quantitative estimate of drug-likeness (QED) is 0.126. The molecule has 2 aromatic heterocycles. The lowest BCUT2D eigenvalue weighted by molar-refractivity contribution is -0.136. The van der Waals surface area contributed by atoms with Crippen LogP contribution in [0.25, 0.3) is 33.3 Å². The van der Waals surface area contributed by atoms with E-state index in [2.05, 4.69) is 36.6 Å². The fraction of sp³-hybridized carbons (Fsp3) is 0.373. The lowest BCUT2D eigenvalue weighted by atomic mass is 9.95. The summed E-state index contributed by atoms with van der Waals surface area (Å²) in [4.78, 5) is 70.9. The van der Waals surface area contributed by atoms with Crippen molar-refractivity contribution in [3.8, 4) is 22.4 Å². The standard InChI is InChI=1S/C51H52F2N10O6/c1-28-23-32(5-6-33(28)26-54-46(66)47-56-50(59-69-47)51(2,3)4)44-35-24-31(9-12-37(35)57-58-44)30-7-10-34(11-8-30)61-17-15-29(16-18-61)27-60-19-21-62(22-20-60)39-25-36(52)41-42(43(39)53)49(68)63(48(41)67)38-13-14-40(64)55-45(38)65/h5-12,23-25,29,38H,13-22,26-27H2,1-4H3,(H,54,66)(H,57,58)(H,55,64,65)/i19D2,20D2,21D2,22D2. The average Bonchev–Trinajstić information content (AvgIpc) is 4.21. The first-order chi connectivity index (χ1) is 36.1. The number of benzene rings is 4. The van der Waals surface area contributed by atoms with Gasteiger partial charge in [0, 0.05) is 92.2 Å². The van der Waals surface area contributed by atoms with Crippen molar-refractivity contribution in [1.29, 1.82) is 0 Å². The summed E-state index contributed by atoms with van der Waals surface area (Å²) < 4.78 is 110. The summed E-state index contributed by atoms with van der Waals surface area (Å²) in [5.41, 5.74) is 2.90. The molecule has 6 heterocycles. The van der Waals surface area contributed by atoms with Gasteiger partial charge >= 0.3 is 11.8 Å². The minimum atomic E-state index is -3.65. The van der Waals surface area contributed by atoms with E-state index in [1.807, 2.05) is 87.6 Å². The predicted octanol–water partition coefficient (Wildman–Crippen LogP) is 6.53. The summed E-state index contributed by atoms with van der Waals surface area (Å²) in [5, 5.41) is 17.4. The van der Waals surface area contributed by atoms with Crippen LogP contribution in [0.15, 0.2) is 71.3 Å². The van der Waals surface area contributed by atoms with Crippen LogP contribution >= 0.6 is 0 Å². The van der Waals surface area contributed by atoms with Crippen molar-refractivity contribution in [2.75, 3.05) is 55.4 Å². The van der Waals surface area contributed by atoms with Crippen LogP contribution in [0.5, 0.6) is 0 Å². The first-order valence-corrected chi connectivity index (χ1v) is 22.5. The number of aryl methyl sites for hydroxylation is 1. The summed E-state index contributed by atoms with van der Waals surface area (Å²) in [6, 6.07) is 18.4. The van der Waals surface area contributed by atoms with Crippen LogP contribution < -0.4 is 20.4 Å². The van der Waals surface area contributed by atoms with E-state index < -0.39 is 102 Å². The molecule has 4 aromatic carbocycles. The Labute approximate surface area is 407 Å². The lowest BCUT2D eigenvalue weighted by Gasteiger charge is -2.40. The van der Waals surface area contributed by atoms with Crippen molar-refractivity contribution >= 4 is 51.8 Å². The number of piperidine rings is 2. The van der Waals surface area contributed by atoms with E-state index in [0.717, 1.165) is 50.1 Å². The molecule has 0 spiro atoms. The Hall–Kier alpha value is -7.34. The van der Waals surface area contributed by atoms with Crippen LogP contribution in [0, 0.1) is 24.5 Å². The molecule has 1 atom stereocenters. The minimum Gasteiger partial charge on any atom is -0.372 e. The smallest absolute Gasteiger partial charge is 0.315 e. The molecule has 69 heavy (non-hydrogen) atoms. The maximum absolute atomic E-state index is 16.7. The predicted molar refractivity (Wildman–Crippen MR) is 252 cm³/mol. The molecule has 4 aliphatic heterocycles. The SMILES string of the molecule is [2H]C1([2H])N(CC2CCN(c3ccc(-c4ccc5[nH]nc(-c6ccc(CNC(=O)c7nc(C(C)(C)C)no7)c(C)c6)c5c4)cc3)CC2)C([2H])([2H])C([2H])([2H])N(c2cc(F)c3c(c2F)C(=O)N(C2CCC(=O)NC2=O)C3=O)C1([2H])[2H]. The van der Waals surface area contributed by atoms with Crippen LogP contribution in [0.2, 0.25) is 0 Å². The van der Waals surface area contributed by atoms with E-state index in [0.29, 0.717) is 36.7 Å². The number of hydrogen-bond donors (Lipinski definition) is 3. The molecule has 0 bridgehead atoms. The van der Waals surface area contributed by atoms with Crippen molar-refractivity contribution in [1.82, 2.24) is 40.8 Å². The van der Waals surface area contributed by atoms with Crippen molar-refractivity contribution in [3.05, 3.63) is 112 Å². The number of halogens is 2. The van der Waals surface area contributed by atoms with Gasteiger partial charge in [0.25, 0.3) is 11.8 Å². The normalized spacial score (nSPS) is 23.0. The molecule has 3 fully saturated rings. The fourth-order valence-corrected chi connectivity index (χ4v) is 9.04. The molecule has 0 aliphatic carbocycles. The van der Waals surface area contributed by atoms with Gasteiger partial charge in [-0.1, -0.05) is 56.3 Å². The topological polar surface area (TPSA) is 190 Å². The van der Waals surface area contributed by atoms with Gasteiger partial charge in [0.15, 0.2) is 11.6 Å². The Balaban J connectivity index is 0.803. The summed E-state index contributed by atoms with van der Waals surface area (Å²) in [6.07, 6.45) is 0.0961. The second-order valence-electron chi connectivity index (χ2n) is 18.6. The highest BCUT2D eigenvalue weighted by molar-refractivity contribution is 6.24. The number of fused-ring (bicyclic) bond motifs is 2. The number of H-pyrrole nitrogens is 1. The second kappa shape index (κ2) is 18.0. The van der Waals surface area contributed by atoms with Gasteiger partial charge < -0.3 is 19.6 Å². The van der Waals surface area contributed by atoms with Crippen LogP contribution in [-0.4, -0.2) is 111 Å².